The molecule has 13 heavy (non-hydrogen) atoms. The molecule has 1 heterocycles. The second kappa shape index (κ2) is 3.73. The number of aromatic nitrogens is 3. The van der Waals surface area contributed by atoms with E-state index >= 15 is 0 Å². The van der Waals surface area contributed by atoms with Gasteiger partial charge in [-0.3, -0.25) is 0 Å². The van der Waals surface area contributed by atoms with Gasteiger partial charge in [-0.25, -0.2) is 0 Å². The van der Waals surface area contributed by atoms with Gasteiger partial charge in [-0.05, 0) is 23.2 Å². The molecule has 72 valence electrons. The quantitative estimate of drug-likeness (QED) is 0.756. The Labute approximate surface area is 85.8 Å². The Morgan fingerprint density at radius 2 is 1.54 bits per heavy atom. The largest absolute Gasteiger partial charge is 0.489 e. The minimum Gasteiger partial charge on any atom is -0.385 e. The molecule has 0 saturated heterocycles. The molecule has 0 aliphatic heterocycles. The Bertz CT molecular complexity index is 298. The van der Waals surface area contributed by atoms with Gasteiger partial charge in [0.05, 0.1) is 0 Å². The van der Waals surface area contributed by atoms with Crippen molar-refractivity contribution in [2.45, 2.75) is 5.57 Å². The van der Waals surface area contributed by atoms with Crippen molar-refractivity contribution in [3.63, 3.8) is 0 Å². The summed E-state index contributed by atoms with van der Waals surface area (Å²) in [6.07, 6.45) is 0. The molecule has 0 aliphatic rings. The summed E-state index contributed by atoms with van der Waals surface area (Å²) >= 11 is 15.0. The van der Waals surface area contributed by atoms with E-state index < -0.39 is 11.6 Å². The first-order chi connectivity index (χ1) is 5.87. The van der Waals surface area contributed by atoms with Crippen molar-refractivity contribution in [1.29, 1.82) is 0 Å². The summed E-state index contributed by atoms with van der Waals surface area (Å²) < 4.78 is 27.8. The molecule has 0 aliphatic carbocycles. The van der Waals surface area contributed by atoms with E-state index in [-0.39, 0.29) is 10.6 Å². The molecule has 1 aromatic rings. The molecule has 0 aromatic carbocycles. The minimum atomic E-state index is -3.91. The Kier molecular flexibility index (Phi) is 3.05. The Morgan fingerprint density at radius 3 is 1.92 bits per heavy atom. The van der Waals surface area contributed by atoms with Gasteiger partial charge in [0.1, 0.15) is 0 Å². The molecule has 0 bridgehead atoms. The van der Waals surface area contributed by atoms with Gasteiger partial charge in [0, 0.05) is 11.6 Å². The van der Waals surface area contributed by atoms with Crippen LogP contribution < -0.4 is 4.74 Å². The Balaban J connectivity index is 2.90. The second-order valence-corrected chi connectivity index (χ2v) is 2.82. The van der Waals surface area contributed by atoms with Gasteiger partial charge in [0.15, 0.2) is 0 Å². The fourth-order valence-corrected chi connectivity index (χ4v) is 0.875. The maximum atomic E-state index is 12.0. The lowest BCUT2D eigenvalue weighted by Gasteiger charge is -2.07. The average molecular weight is 250 g/mol. The first-order valence-electron chi connectivity index (χ1n) is 2.69. The normalized spacial score (nSPS) is 11.5. The molecular weight excluding hydrogens is 250 g/mol. The lowest BCUT2D eigenvalue weighted by molar-refractivity contribution is -0.102. The monoisotopic (exact) mass is 249 g/mol. The summed E-state index contributed by atoms with van der Waals surface area (Å²) in [6.45, 7) is 0. The van der Waals surface area contributed by atoms with Crippen LogP contribution in [0, 0.1) is 0 Å². The summed E-state index contributed by atoms with van der Waals surface area (Å²) in [5, 5.41) is -0.730. The van der Waals surface area contributed by atoms with Gasteiger partial charge in [0.25, 0.3) is 0 Å². The maximum Gasteiger partial charge on any atom is 0.489 e. The molecule has 0 radical (unpaired) electrons. The van der Waals surface area contributed by atoms with Gasteiger partial charge >= 0.3 is 11.6 Å². The third-order valence-electron chi connectivity index (χ3n) is 0.767. The number of hydrogen-bond acceptors (Lipinski definition) is 4. The predicted molar refractivity (Wildman–Crippen MR) is 41.3 cm³/mol. The van der Waals surface area contributed by atoms with Crippen LogP contribution in [-0.2, 0) is 0 Å². The van der Waals surface area contributed by atoms with Gasteiger partial charge in [-0.2, -0.15) is 15.0 Å². The Morgan fingerprint density at radius 1 is 1.08 bits per heavy atom. The topological polar surface area (TPSA) is 47.9 Å². The smallest absolute Gasteiger partial charge is 0.385 e. The zero-order chi connectivity index (χ0) is 10.1. The molecule has 0 atom stereocenters. The van der Waals surface area contributed by atoms with Gasteiger partial charge in [0.2, 0.25) is 10.6 Å². The van der Waals surface area contributed by atoms with Crippen molar-refractivity contribution in [3.05, 3.63) is 10.6 Å². The first kappa shape index (κ1) is 10.6. The first-order valence-corrected chi connectivity index (χ1v) is 3.83. The fourth-order valence-electron chi connectivity index (χ4n) is 0.458. The molecule has 0 fully saturated rings. The van der Waals surface area contributed by atoms with Crippen molar-refractivity contribution < 1.29 is 13.5 Å². The van der Waals surface area contributed by atoms with E-state index in [1.807, 2.05) is 0 Å². The third-order valence-corrected chi connectivity index (χ3v) is 1.18. The number of halogens is 5. The van der Waals surface area contributed by atoms with Crippen LogP contribution in [0.1, 0.15) is 0 Å². The van der Waals surface area contributed by atoms with E-state index in [4.69, 9.17) is 23.2 Å². The van der Waals surface area contributed by atoms with Crippen molar-refractivity contribution in [2.75, 3.05) is 0 Å². The van der Waals surface area contributed by atoms with E-state index in [1.54, 1.807) is 0 Å². The van der Waals surface area contributed by atoms with E-state index in [2.05, 4.69) is 31.3 Å². The average Bonchev–Trinajstić information content (AvgIpc) is 1.78. The predicted octanol–water partition coefficient (Wildman–Crippen LogP) is 2.35. The zero-order valence-electron chi connectivity index (χ0n) is 5.64. The van der Waals surface area contributed by atoms with Gasteiger partial charge in [-0.15, -0.1) is 8.78 Å². The number of hydrogen-bond donors (Lipinski definition) is 0. The molecule has 0 N–H and O–H groups in total. The highest BCUT2D eigenvalue weighted by Gasteiger charge is 2.29. The summed E-state index contributed by atoms with van der Waals surface area (Å²) in [5.41, 5.74) is -3.91. The summed E-state index contributed by atoms with van der Waals surface area (Å²) in [4.78, 5) is 9.69. The molecule has 1 aromatic heterocycles. The van der Waals surface area contributed by atoms with Crippen LogP contribution in [0.2, 0.25) is 10.6 Å². The van der Waals surface area contributed by atoms with Crippen LogP contribution >= 0.6 is 34.8 Å². The lowest BCUT2D eigenvalue weighted by Crippen LogP contribution is -2.17. The third kappa shape index (κ3) is 3.84. The molecule has 1 rings (SSSR count). The molecule has 0 amide bonds. The lowest BCUT2D eigenvalue weighted by atomic mass is 11.0. The van der Waals surface area contributed by atoms with E-state index in [1.165, 1.54) is 0 Å². The SMILES string of the molecule is FC(F)(Cl)Oc1nc(Cl)nc(Cl)n1. The Hall–Kier alpha value is -0.460. The number of rotatable bonds is 2. The van der Waals surface area contributed by atoms with E-state index in [0.29, 0.717) is 0 Å². The van der Waals surface area contributed by atoms with Crippen molar-refractivity contribution in [1.82, 2.24) is 15.0 Å². The van der Waals surface area contributed by atoms with Crippen molar-refractivity contribution in [3.8, 4) is 6.01 Å². The highest BCUT2D eigenvalue weighted by molar-refractivity contribution is 6.31. The second-order valence-electron chi connectivity index (χ2n) is 1.70. The highest BCUT2D eigenvalue weighted by atomic mass is 35.5. The van der Waals surface area contributed by atoms with Crippen LogP contribution in [0.15, 0.2) is 0 Å². The summed E-state index contributed by atoms with van der Waals surface area (Å²) in [6, 6.07) is -0.745. The highest BCUT2D eigenvalue weighted by Crippen LogP contribution is 2.23. The summed E-state index contributed by atoms with van der Waals surface area (Å²) in [7, 11) is 0. The molecule has 9 heteroatoms. The molecular formula is C4Cl3F2N3O. The number of ether oxygens (including phenoxy) is 1. The number of alkyl halides is 3. The molecule has 0 unspecified atom stereocenters. The van der Waals surface area contributed by atoms with Gasteiger partial charge < -0.3 is 4.74 Å². The van der Waals surface area contributed by atoms with Crippen molar-refractivity contribution >= 4 is 34.8 Å². The number of nitrogens with zero attached hydrogens (tertiary/aromatic N) is 3. The molecule has 4 nitrogen and oxygen atoms in total. The van der Waals surface area contributed by atoms with E-state index in [9.17, 15) is 8.78 Å². The van der Waals surface area contributed by atoms with Crippen LogP contribution in [0.3, 0.4) is 0 Å². The van der Waals surface area contributed by atoms with E-state index in [0.717, 1.165) is 0 Å². The van der Waals surface area contributed by atoms with Gasteiger partial charge in [-0.1, -0.05) is 0 Å². The van der Waals surface area contributed by atoms with Crippen molar-refractivity contribution in [2.24, 2.45) is 0 Å². The standard InChI is InChI=1S/C4Cl3F2N3O/c5-1-10-2(6)12-3(11-1)13-4(7,8)9. The van der Waals surface area contributed by atoms with Crippen LogP contribution in [0.5, 0.6) is 6.01 Å². The minimum absolute atomic E-state index is 0.365. The molecule has 0 saturated carbocycles. The maximum absolute atomic E-state index is 12.0. The van der Waals surface area contributed by atoms with Crippen LogP contribution in [0.25, 0.3) is 0 Å². The van der Waals surface area contributed by atoms with Crippen LogP contribution in [-0.4, -0.2) is 20.5 Å². The zero-order valence-corrected chi connectivity index (χ0v) is 7.91. The molecule has 0 spiro atoms. The van der Waals surface area contributed by atoms with Crippen LogP contribution in [0.4, 0.5) is 8.78 Å². The summed E-state index contributed by atoms with van der Waals surface area (Å²) in [5.74, 6) is 0. The fraction of sp³-hybridized carbons (Fsp3) is 0.250.